The lowest BCUT2D eigenvalue weighted by atomic mass is 10.2. The van der Waals surface area contributed by atoms with Crippen LogP contribution in [0.25, 0.3) is 0 Å². The summed E-state index contributed by atoms with van der Waals surface area (Å²) in [4.78, 5) is 12.3. The molecular weight excluding hydrogens is 340 g/mol. The molecule has 0 radical (unpaired) electrons. The van der Waals surface area contributed by atoms with Crippen molar-refractivity contribution < 1.29 is 4.79 Å². The molecule has 0 atom stereocenters. The Morgan fingerprint density at radius 2 is 2.20 bits per heavy atom. The second-order valence-electron chi connectivity index (χ2n) is 4.62. The van der Waals surface area contributed by atoms with Crippen LogP contribution >= 0.6 is 27.5 Å². The molecule has 0 aliphatic heterocycles. The largest absolute Gasteiger partial charge is 0.344 e. The smallest absolute Gasteiger partial charge is 0.272 e. The van der Waals surface area contributed by atoms with Crippen molar-refractivity contribution in [3.8, 4) is 0 Å². The van der Waals surface area contributed by atoms with E-state index >= 15 is 0 Å². The number of hydrogen-bond donors (Lipinski definition) is 1. The Balaban J connectivity index is 2.23. The summed E-state index contributed by atoms with van der Waals surface area (Å²) in [6.45, 7) is 4.83. The normalized spacial score (nSPS) is 10.6. The molecule has 1 aromatic carbocycles. The second kappa shape index (κ2) is 6.46. The van der Waals surface area contributed by atoms with E-state index < -0.39 is 0 Å². The van der Waals surface area contributed by atoms with Crippen LogP contribution < -0.4 is 5.32 Å². The van der Waals surface area contributed by atoms with Gasteiger partial charge in [-0.25, -0.2) is 0 Å². The summed E-state index contributed by atoms with van der Waals surface area (Å²) in [5, 5.41) is 3.52. The number of halogens is 2. The van der Waals surface area contributed by atoms with Crippen molar-refractivity contribution in [2.24, 2.45) is 0 Å². The van der Waals surface area contributed by atoms with Crippen molar-refractivity contribution in [2.75, 3.05) is 5.32 Å². The third-order valence-corrected chi connectivity index (χ3v) is 4.09. The maximum atomic E-state index is 12.3. The fourth-order valence-electron chi connectivity index (χ4n) is 1.98. The molecule has 0 saturated heterocycles. The lowest BCUT2D eigenvalue weighted by Gasteiger charge is -2.11. The molecule has 20 heavy (non-hydrogen) atoms. The van der Waals surface area contributed by atoms with Gasteiger partial charge in [0.2, 0.25) is 0 Å². The Bertz CT molecular complexity index is 637. The van der Waals surface area contributed by atoms with Crippen molar-refractivity contribution in [2.45, 2.75) is 26.8 Å². The first-order valence-electron chi connectivity index (χ1n) is 6.45. The SMILES string of the molecule is CCCn1cccc1C(=O)Nc1cc(Cl)c(C)cc1Br. The Hall–Kier alpha value is -1.26. The number of rotatable bonds is 4. The van der Waals surface area contributed by atoms with Gasteiger partial charge in [0.25, 0.3) is 5.91 Å². The molecule has 1 amide bonds. The monoisotopic (exact) mass is 354 g/mol. The summed E-state index contributed by atoms with van der Waals surface area (Å²) in [6.07, 6.45) is 2.89. The topological polar surface area (TPSA) is 34.0 Å². The molecule has 0 bridgehead atoms. The predicted molar refractivity (Wildman–Crippen MR) is 86.6 cm³/mol. The second-order valence-corrected chi connectivity index (χ2v) is 5.88. The number of carbonyl (C=O) groups excluding carboxylic acids is 1. The molecule has 106 valence electrons. The van der Waals surface area contributed by atoms with Crippen LogP contribution in [0, 0.1) is 6.92 Å². The number of anilines is 1. The number of carbonyl (C=O) groups is 1. The van der Waals surface area contributed by atoms with E-state index in [9.17, 15) is 4.79 Å². The van der Waals surface area contributed by atoms with E-state index in [2.05, 4.69) is 28.2 Å². The van der Waals surface area contributed by atoms with Gasteiger partial charge in [-0.2, -0.15) is 0 Å². The molecule has 2 rings (SSSR count). The number of hydrogen-bond acceptors (Lipinski definition) is 1. The third kappa shape index (κ3) is 3.25. The predicted octanol–water partition coefficient (Wildman–Crippen LogP) is 4.87. The standard InChI is InChI=1S/C15H16BrClN2O/c1-3-6-19-7-4-5-14(19)15(20)18-13-9-12(17)10(2)8-11(13)16/h4-5,7-9H,3,6H2,1-2H3,(H,18,20). The minimum atomic E-state index is -0.135. The van der Waals surface area contributed by atoms with Crippen molar-refractivity contribution in [3.63, 3.8) is 0 Å². The van der Waals surface area contributed by atoms with Crippen LogP contribution in [0.1, 0.15) is 29.4 Å². The first-order valence-corrected chi connectivity index (χ1v) is 7.62. The van der Waals surface area contributed by atoms with Gasteiger partial charge in [-0.3, -0.25) is 4.79 Å². The molecule has 1 heterocycles. The minimum absolute atomic E-state index is 0.135. The van der Waals surface area contributed by atoms with Crippen molar-refractivity contribution >= 4 is 39.1 Å². The Morgan fingerprint density at radius 1 is 1.45 bits per heavy atom. The Kier molecular flexibility index (Phi) is 4.89. The number of nitrogens with zero attached hydrogens (tertiary/aromatic N) is 1. The number of aromatic nitrogens is 1. The van der Waals surface area contributed by atoms with Gasteiger partial charge in [0.05, 0.1) is 5.69 Å². The summed E-state index contributed by atoms with van der Waals surface area (Å²) in [7, 11) is 0. The van der Waals surface area contributed by atoms with Gasteiger partial charge < -0.3 is 9.88 Å². The lowest BCUT2D eigenvalue weighted by molar-refractivity contribution is 0.101. The molecule has 2 aromatic rings. The van der Waals surface area contributed by atoms with Gasteiger partial charge in [-0.1, -0.05) is 18.5 Å². The average Bonchev–Trinajstić information content (AvgIpc) is 2.84. The van der Waals surface area contributed by atoms with Crippen LogP contribution in [0.2, 0.25) is 5.02 Å². The minimum Gasteiger partial charge on any atom is -0.344 e. The zero-order valence-electron chi connectivity index (χ0n) is 11.4. The molecule has 0 unspecified atom stereocenters. The van der Waals surface area contributed by atoms with Gasteiger partial charge in [0.1, 0.15) is 5.69 Å². The quantitative estimate of drug-likeness (QED) is 0.833. The van der Waals surface area contributed by atoms with Crippen LogP contribution in [0.5, 0.6) is 0 Å². The Labute approximate surface area is 132 Å². The maximum absolute atomic E-state index is 12.3. The van der Waals surface area contributed by atoms with E-state index in [0.29, 0.717) is 16.4 Å². The van der Waals surface area contributed by atoms with Crippen LogP contribution in [-0.4, -0.2) is 10.5 Å². The fraction of sp³-hybridized carbons (Fsp3) is 0.267. The highest BCUT2D eigenvalue weighted by Gasteiger charge is 2.13. The first-order chi connectivity index (χ1) is 9.52. The van der Waals surface area contributed by atoms with E-state index in [1.165, 1.54) is 0 Å². The van der Waals surface area contributed by atoms with E-state index in [0.717, 1.165) is 23.0 Å². The molecule has 5 heteroatoms. The summed E-state index contributed by atoms with van der Waals surface area (Å²) >= 11 is 9.54. The van der Waals surface area contributed by atoms with Crippen LogP contribution in [-0.2, 0) is 6.54 Å². The number of aryl methyl sites for hydroxylation is 2. The van der Waals surface area contributed by atoms with Crippen LogP contribution in [0.15, 0.2) is 34.9 Å². The van der Waals surface area contributed by atoms with Crippen molar-refractivity contribution in [3.05, 3.63) is 51.2 Å². The van der Waals surface area contributed by atoms with Gasteiger partial charge >= 0.3 is 0 Å². The zero-order chi connectivity index (χ0) is 14.7. The van der Waals surface area contributed by atoms with Gasteiger partial charge in [0.15, 0.2) is 0 Å². The molecule has 0 spiro atoms. The summed E-state index contributed by atoms with van der Waals surface area (Å²) in [5.74, 6) is -0.135. The average molecular weight is 356 g/mol. The van der Waals surface area contributed by atoms with Gasteiger partial charge in [-0.05, 0) is 59.1 Å². The highest BCUT2D eigenvalue weighted by molar-refractivity contribution is 9.10. The molecule has 3 nitrogen and oxygen atoms in total. The van der Waals surface area contributed by atoms with Gasteiger partial charge in [-0.15, -0.1) is 0 Å². The summed E-state index contributed by atoms with van der Waals surface area (Å²) in [6, 6.07) is 7.34. The number of nitrogens with one attached hydrogen (secondary N) is 1. The van der Waals surface area contributed by atoms with E-state index in [4.69, 9.17) is 11.6 Å². The number of benzene rings is 1. The Morgan fingerprint density at radius 3 is 2.90 bits per heavy atom. The third-order valence-electron chi connectivity index (χ3n) is 3.02. The molecular formula is C15H16BrClN2O. The van der Waals surface area contributed by atoms with E-state index in [1.54, 1.807) is 6.07 Å². The zero-order valence-corrected chi connectivity index (χ0v) is 13.8. The van der Waals surface area contributed by atoms with E-state index in [-0.39, 0.29) is 5.91 Å². The summed E-state index contributed by atoms with van der Waals surface area (Å²) < 4.78 is 2.76. The van der Waals surface area contributed by atoms with Crippen LogP contribution in [0.3, 0.4) is 0 Å². The van der Waals surface area contributed by atoms with Crippen molar-refractivity contribution in [1.29, 1.82) is 0 Å². The highest BCUT2D eigenvalue weighted by Crippen LogP contribution is 2.29. The lowest BCUT2D eigenvalue weighted by Crippen LogP contribution is -2.17. The van der Waals surface area contributed by atoms with E-state index in [1.807, 2.05) is 35.9 Å². The highest BCUT2D eigenvalue weighted by atomic mass is 79.9. The first kappa shape index (κ1) is 15.1. The molecule has 1 N–H and O–H groups in total. The molecule has 0 saturated carbocycles. The molecule has 0 aliphatic carbocycles. The maximum Gasteiger partial charge on any atom is 0.272 e. The molecule has 0 fully saturated rings. The van der Waals surface area contributed by atoms with Crippen LogP contribution in [0.4, 0.5) is 5.69 Å². The molecule has 1 aromatic heterocycles. The number of amides is 1. The fourth-order valence-corrected chi connectivity index (χ4v) is 2.71. The summed E-state index contributed by atoms with van der Waals surface area (Å²) in [5.41, 5.74) is 2.29. The van der Waals surface area contributed by atoms with Crippen molar-refractivity contribution in [1.82, 2.24) is 4.57 Å². The molecule has 0 aliphatic rings. The van der Waals surface area contributed by atoms with Gasteiger partial charge in [0, 0.05) is 22.2 Å².